The molecule has 6 heteroatoms. The first-order valence-corrected chi connectivity index (χ1v) is 6.61. The van der Waals surface area contributed by atoms with Gasteiger partial charge in [0.1, 0.15) is 0 Å². The third-order valence-electron chi connectivity index (χ3n) is 3.06. The van der Waals surface area contributed by atoms with Gasteiger partial charge in [0, 0.05) is 26.0 Å². The van der Waals surface area contributed by atoms with Crippen molar-refractivity contribution in [1.82, 2.24) is 15.2 Å². The number of hydrogen-bond donors (Lipinski definition) is 1. The lowest BCUT2D eigenvalue weighted by Crippen LogP contribution is -2.38. The summed E-state index contributed by atoms with van der Waals surface area (Å²) in [5.41, 5.74) is 1.12. The number of rotatable bonds is 6. The van der Waals surface area contributed by atoms with Crippen molar-refractivity contribution < 1.29 is 14.0 Å². The number of pyridine rings is 1. The molecule has 2 amide bonds. The highest BCUT2D eigenvalue weighted by atomic mass is 16.3. The van der Waals surface area contributed by atoms with Crippen LogP contribution in [0.3, 0.4) is 0 Å². The quantitative estimate of drug-likeness (QED) is 0.863. The van der Waals surface area contributed by atoms with Crippen LogP contribution in [0, 0.1) is 0 Å². The SMILES string of the molecule is CN(CCc1ccncc1)C(=O)CNC(=O)c1ccco1. The third kappa shape index (κ3) is 4.45. The van der Waals surface area contributed by atoms with Crippen LogP contribution in [0.5, 0.6) is 0 Å². The van der Waals surface area contributed by atoms with E-state index < -0.39 is 5.91 Å². The highest BCUT2D eigenvalue weighted by Gasteiger charge is 2.13. The minimum Gasteiger partial charge on any atom is -0.459 e. The first-order valence-electron chi connectivity index (χ1n) is 6.61. The van der Waals surface area contributed by atoms with Crippen LogP contribution in [0.1, 0.15) is 16.1 Å². The first-order chi connectivity index (χ1) is 10.2. The summed E-state index contributed by atoms with van der Waals surface area (Å²) >= 11 is 0. The maximum Gasteiger partial charge on any atom is 0.287 e. The molecule has 21 heavy (non-hydrogen) atoms. The summed E-state index contributed by atoms with van der Waals surface area (Å²) in [6, 6.07) is 7.00. The van der Waals surface area contributed by atoms with E-state index in [0.29, 0.717) is 6.54 Å². The van der Waals surface area contributed by atoms with Crippen molar-refractivity contribution in [1.29, 1.82) is 0 Å². The molecule has 2 rings (SSSR count). The van der Waals surface area contributed by atoms with E-state index in [-0.39, 0.29) is 18.2 Å². The standard InChI is InChI=1S/C15H17N3O3/c1-18(9-6-12-4-7-16-8-5-12)14(19)11-17-15(20)13-3-2-10-21-13/h2-5,7-8,10H,6,9,11H2,1H3,(H,17,20). The van der Waals surface area contributed by atoms with Crippen LogP contribution in [-0.4, -0.2) is 41.8 Å². The molecular formula is C15H17N3O3. The Balaban J connectivity index is 1.74. The molecule has 0 saturated carbocycles. The zero-order chi connectivity index (χ0) is 15.1. The van der Waals surface area contributed by atoms with E-state index >= 15 is 0 Å². The van der Waals surface area contributed by atoms with E-state index in [0.717, 1.165) is 12.0 Å². The minimum absolute atomic E-state index is 0.0492. The largest absolute Gasteiger partial charge is 0.459 e. The molecule has 0 aliphatic rings. The molecule has 2 heterocycles. The molecule has 0 aliphatic carbocycles. The lowest BCUT2D eigenvalue weighted by Gasteiger charge is -2.17. The normalized spacial score (nSPS) is 10.1. The number of carbonyl (C=O) groups excluding carboxylic acids is 2. The number of hydrogen-bond acceptors (Lipinski definition) is 4. The summed E-state index contributed by atoms with van der Waals surface area (Å²) < 4.78 is 4.95. The summed E-state index contributed by atoms with van der Waals surface area (Å²) in [5, 5.41) is 2.53. The molecule has 2 aromatic rings. The number of nitrogens with zero attached hydrogens (tertiary/aromatic N) is 2. The summed E-state index contributed by atoms with van der Waals surface area (Å²) in [5.74, 6) is -0.345. The molecule has 0 aromatic carbocycles. The number of carbonyl (C=O) groups is 2. The average Bonchev–Trinajstić information content (AvgIpc) is 3.05. The molecule has 0 saturated heterocycles. The van der Waals surface area contributed by atoms with Crippen molar-refractivity contribution in [3.63, 3.8) is 0 Å². The van der Waals surface area contributed by atoms with Crippen LogP contribution in [0.4, 0.5) is 0 Å². The molecule has 0 unspecified atom stereocenters. The second-order valence-electron chi connectivity index (χ2n) is 4.58. The molecular weight excluding hydrogens is 270 g/mol. The van der Waals surface area contributed by atoms with Gasteiger partial charge in [-0.3, -0.25) is 14.6 Å². The van der Waals surface area contributed by atoms with Crippen molar-refractivity contribution in [2.24, 2.45) is 0 Å². The fourth-order valence-electron chi connectivity index (χ4n) is 1.76. The fourth-order valence-corrected chi connectivity index (χ4v) is 1.76. The van der Waals surface area contributed by atoms with Gasteiger partial charge in [-0.15, -0.1) is 0 Å². The number of amides is 2. The van der Waals surface area contributed by atoms with Gasteiger partial charge in [-0.05, 0) is 36.2 Å². The van der Waals surface area contributed by atoms with E-state index in [4.69, 9.17) is 4.42 Å². The van der Waals surface area contributed by atoms with Gasteiger partial charge in [-0.25, -0.2) is 0 Å². The van der Waals surface area contributed by atoms with Crippen LogP contribution >= 0.6 is 0 Å². The Kier molecular flexibility index (Phi) is 5.09. The zero-order valence-corrected chi connectivity index (χ0v) is 11.8. The van der Waals surface area contributed by atoms with Gasteiger partial charge in [0.05, 0.1) is 12.8 Å². The molecule has 6 nitrogen and oxygen atoms in total. The van der Waals surface area contributed by atoms with Crippen LogP contribution < -0.4 is 5.32 Å². The second-order valence-corrected chi connectivity index (χ2v) is 4.58. The Morgan fingerprint density at radius 3 is 2.71 bits per heavy atom. The third-order valence-corrected chi connectivity index (χ3v) is 3.06. The van der Waals surface area contributed by atoms with Gasteiger partial charge in [0.25, 0.3) is 5.91 Å². The van der Waals surface area contributed by atoms with Crippen LogP contribution in [0.25, 0.3) is 0 Å². The minimum atomic E-state index is -0.393. The maximum absolute atomic E-state index is 11.9. The second kappa shape index (κ2) is 7.23. The fraction of sp³-hybridized carbons (Fsp3) is 0.267. The molecule has 0 fully saturated rings. The Labute approximate surface area is 122 Å². The number of aromatic nitrogens is 1. The Morgan fingerprint density at radius 1 is 1.29 bits per heavy atom. The van der Waals surface area contributed by atoms with E-state index in [9.17, 15) is 9.59 Å². The smallest absolute Gasteiger partial charge is 0.287 e. The Bertz CT molecular complexity index is 581. The van der Waals surface area contributed by atoms with Gasteiger partial charge < -0.3 is 14.6 Å². The van der Waals surface area contributed by atoms with Gasteiger partial charge in [-0.1, -0.05) is 0 Å². The predicted molar refractivity (Wildman–Crippen MR) is 76.6 cm³/mol. The highest BCUT2D eigenvalue weighted by Crippen LogP contribution is 2.00. The topological polar surface area (TPSA) is 75.4 Å². The number of likely N-dealkylation sites (N-methyl/N-ethyl adjacent to an activating group) is 1. The first kappa shape index (κ1) is 14.8. The van der Waals surface area contributed by atoms with Gasteiger partial charge >= 0.3 is 0 Å². The highest BCUT2D eigenvalue weighted by molar-refractivity contribution is 5.94. The van der Waals surface area contributed by atoms with Gasteiger partial charge in [0.2, 0.25) is 5.91 Å². The molecule has 0 atom stereocenters. The van der Waals surface area contributed by atoms with E-state index in [1.165, 1.54) is 6.26 Å². The number of nitrogens with one attached hydrogen (secondary N) is 1. The summed E-state index contributed by atoms with van der Waals surface area (Å²) in [4.78, 5) is 29.1. The van der Waals surface area contributed by atoms with E-state index in [1.807, 2.05) is 12.1 Å². The summed E-state index contributed by atoms with van der Waals surface area (Å²) in [6.45, 7) is 0.534. The predicted octanol–water partition coefficient (Wildman–Crippen LogP) is 1.11. The van der Waals surface area contributed by atoms with E-state index in [1.54, 1.807) is 36.5 Å². The van der Waals surface area contributed by atoms with Crippen molar-refractivity contribution in [3.8, 4) is 0 Å². The van der Waals surface area contributed by atoms with Gasteiger partial charge in [-0.2, -0.15) is 0 Å². The monoisotopic (exact) mass is 287 g/mol. The molecule has 110 valence electrons. The molecule has 0 radical (unpaired) electrons. The lowest BCUT2D eigenvalue weighted by molar-refractivity contribution is -0.128. The van der Waals surface area contributed by atoms with Crippen LogP contribution in [-0.2, 0) is 11.2 Å². The average molecular weight is 287 g/mol. The molecule has 0 bridgehead atoms. The van der Waals surface area contributed by atoms with Crippen molar-refractivity contribution in [2.75, 3.05) is 20.1 Å². The molecule has 1 N–H and O–H groups in total. The Hall–Kier alpha value is -2.63. The number of furan rings is 1. The van der Waals surface area contributed by atoms with Crippen LogP contribution in [0.15, 0.2) is 47.3 Å². The summed E-state index contributed by atoms with van der Waals surface area (Å²) in [7, 11) is 1.71. The molecule has 2 aromatic heterocycles. The zero-order valence-electron chi connectivity index (χ0n) is 11.8. The van der Waals surface area contributed by atoms with E-state index in [2.05, 4.69) is 10.3 Å². The molecule has 0 spiro atoms. The lowest BCUT2D eigenvalue weighted by atomic mass is 10.2. The van der Waals surface area contributed by atoms with Crippen LogP contribution in [0.2, 0.25) is 0 Å². The maximum atomic E-state index is 11.9. The summed E-state index contributed by atoms with van der Waals surface area (Å²) in [6.07, 6.45) is 5.61. The van der Waals surface area contributed by atoms with Gasteiger partial charge in [0.15, 0.2) is 5.76 Å². The Morgan fingerprint density at radius 2 is 2.05 bits per heavy atom. The van der Waals surface area contributed by atoms with Crippen molar-refractivity contribution in [3.05, 3.63) is 54.2 Å². The van der Waals surface area contributed by atoms with Crippen molar-refractivity contribution in [2.45, 2.75) is 6.42 Å². The van der Waals surface area contributed by atoms with Crippen molar-refractivity contribution >= 4 is 11.8 Å². The molecule has 0 aliphatic heterocycles.